The molecule has 1 saturated heterocycles. The van der Waals surface area contributed by atoms with Crippen LogP contribution in [0.25, 0.3) is 0 Å². The summed E-state index contributed by atoms with van der Waals surface area (Å²) in [7, 11) is 0. The van der Waals surface area contributed by atoms with Gasteiger partial charge in [0, 0.05) is 6.07 Å². The number of aliphatic hydroxyl groups is 1. The van der Waals surface area contributed by atoms with Crippen LogP contribution in [0.2, 0.25) is 5.15 Å². The zero-order valence-electron chi connectivity index (χ0n) is 9.32. The summed E-state index contributed by atoms with van der Waals surface area (Å²) in [5, 5.41) is 13.6. The van der Waals surface area contributed by atoms with Crippen LogP contribution in [0.1, 0.15) is 12.8 Å². The number of nitrogens with one attached hydrogen (secondary N) is 1. The Kier molecular flexibility index (Phi) is 5.00. The highest BCUT2D eigenvalue weighted by Crippen LogP contribution is 2.19. The van der Waals surface area contributed by atoms with E-state index < -0.39 is 5.60 Å². The summed E-state index contributed by atoms with van der Waals surface area (Å²) in [5.74, 6) is 0. The summed E-state index contributed by atoms with van der Waals surface area (Å²) < 4.78 is 1.40. The van der Waals surface area contributed by atoms with Gasteiger partial charge in [0.1, 0.15) is 5.15 Å². The van der Waals surface area contributed by atoms with Gasteiger partial charge in [-0.2, -0.15) is 13.5 Å². The Hall–Kier alpha value is -0.560. The van der Waals surface area contributed by atoms with Gasteiger partial charge in [-0.1, -0.05) is 11.6 Å². The maximum absolute atomic E-state index is 11.6. The van der Waals surface area contributed by atoms with E-state index in [2.05, 4.69) is 10.3 Å². The van der Waals surface area contributed by atoms with Crippen LogP contribution in [0, 0.1) is 0 Å². The fourth-order valence-corrected chi connectivity index (χ4v) is 2.03. The lowest BCUT2D eigenvalue weighted by Crippen LogP contribution is -2.46. The molecule has 2 N–H and O–H groups in total. The molecule has 2 heterocycles. The molecule has 0 amide bonds. The summed E-state index contributed by atoms with van der Waals surface area (Å²) >= 11 is 5.60. The molecule has 5 nitrogen and oxygen atoms in total. The average Bonchev–Trinajstić information content (AvgIpc) is 2.23. The summed E-state index contributed by atoms with van der Waals surface area (Å²) in [6.07, 6.45) is 2.66. The number of hydrogen-bond donors (Lipinski definition) is 2. The van der Waals surface area contributed by atoms with E-state index in [0.717, 1.165) is 13.1 Å². The van der Waals surface area contributed by atoms with Crippen LogP contribution < -0.4 is 10.9 Å². The fraction of sp³-hybridized carbons (Fsp3) is 0.600. The first-order valence-electron chi connectivity index (χ1n) is 5.24. The summed E-state index contributed by atoms with van der Waals surface area (Å²) in [5.41, 5.74) is -1.04. The van der Waals surface area contributed by atoms with Crippen LogP contribution in [-0.2, 0) is 6.54 Å². The monoisotopic (exact) mass is 277 g/mol. The van der Waals surface area contributed by atoms with Gasteiger partial charge in [-0.05, 0) is 25.9 Å². The Bertz CT molecular complexity index is 432. The first-order chi connectivity index (χ1) is 7.59. The number of halogens is 1. The SMILES string of the molecule is O=c1cc(Cl)ncn1CC1(O)CCNCC1.S. The summed E-state index contributed by atoms with van der Waals surface area (Å²) in [4.78, 5) is 15.4. The van der Waals surface area contributed by atoms with Crippen LogP contribution in [-0.4, -0.2) is 33.3 Å². The predicted molar refractivity (Wildman–Crippen MR) is 70.9 cm³/mol. The van der Waals surface area contributed by atoms with Gasteiger partial charge in [-0.3, -0.25) is 9.36 Å². The standard InChI is InChI=1S/C10H14ClN3O2.H2S/c11-8-5-9(15)14(7-13-8)6-10(16)1-3-12-4-2-10;/h5,7,12,16H,1-4,6H2;1H2. The van der Waals surface area contributed by atoms with E-state index in [9.17, 15) is 9.90 Å². The number of aromatic nitrogens is 2. The van der Waals surface area contributed by atoms with Gasteiger partial charge in [0.15, 0.2) is 0 Å². The second-order valence-corrected chi connectivity index (χ2v) is 4.54. The van der Waals surface area contributed by atoms with Crippen molar-refractivity contribution < 1.29 is 5.11 Å². The van der Waals surface area contributed by atoms with Crippen molar-refractivity contribution in [2.24, 2.45) is 0 Å². The molecule has 1 aliphatic rings. The topological polar surface area (TPSA) is 67.2 Å². The molecule has 2 rings (SSSR count). The minimum Gasteiger partial charge on any atom is -0.388 e. The number of nitrogens with zero attached hydrogens (tertiary/aromatic N) is 2. The molecule has 0 radical (unpaired) electrons. The molecule has 0 atom stereocenters. The zero-order valence-corrected chi connectivity index (χ0v) is 11.1. The fourth-order valence-electron chi connectivity index (χ4n) is 1.89. The van der Waals surface area contributed by atoms with E-state index >= 15 is 0 Å². The second-order valence-electron chi connectivity index (χ2n) is 4.15. The quantitative estimate of drug-likeness (QED) is 0.754. The van der Waals surface area contributed by atoms with E-state index in [1.54, 1.807) is 0 Å². The zero-order chi connectivity index (χ0) is 11.6. The van der Waals surface area contributed by atoms with Gasteiger partial charge in [0.25, 0.3) is 5.56 Å². The molecular weight excluding hydrogens is 262 g/mol. The van der Waals surface area contributed by atoms with Gasteiger partial charge in [-0.25, -0.2) is 4.98 Å². The highest BCUT2D eigenvalue weighted by Gasteiger charge is 2.29. The lowest BCUT2D eigenvalue weighted by molar-refractivity contribution is -0.00641. The van der Waals surface area contributed by atoms with Crippen LogP contribution >= 0.6 is 25.1 Å². The minimum atomic E-state index is -0.815. The first kappa shape index (κ1) is 14.5. The van der Waals surface area contributed by atoms with E-state index in [-0.39, 0.29) is 30.8 Å². The van der Waals surface area contributed by atoms with Crippen molar-refractivity contribution in [1.82, 2.24) is 14.9 Å². The molecule has 1 aromatic rings. The van der Waals surface area contributed by atoms with Crippen molar-refractivity contribution in [1.29, 1.82) is 0 Å². The minimum absolute atomic E-state index is 0. The smallest absolute Gasteiger partial charge is 0.254 e. The van der Waals surface area contributed by atoms with Gasteiger partial charge in [0.2, 0.25) is 0 Å². The molecule has 1 aromatic heterocycles. The highest BCUT2D eigenvalue weighted by molar-refractivity contribution is 7.59. The summed E-state index contributed by atoms with van der Waals surface area (Å²) in [6.45, 7) is 1.82. The van der Waals surface area contributed by atoms with E-state index in [1.807, 2.05) is 0 Å². The van der Waals surface area contributed by atoms with Crippen LogP contribution in [0.4, 0.5) is 0 Å². The van der Waals surface area contributed by atoms with Crippen molar-refractivity contribution in [3.8, 4) is 0 Å². The molecular formula is C10H16ClN3O2S. The second kappa shape index (κ2) is 5.86. The largest absolute Gasteiger partial charge is 0.388 e. The van der Waals surface area contributed by atoms with Crippen molar-refractivity contribution in [2.75, 3.05) is 13.1 Å². The van der Waals surface area contributed by atoms with Crippen molar-refractivity contribution in [3.05, 3.63) is 27.9 Å². The summed E-state index contributed by atoms with van der Waals surface area (Å²) in [6, 6.07) is 1.26. The molecule has 0 unspecified atom stereocenters. The normalized spacial score (nSPS) is 18.5. The number of hydrogen-bond acceptors (Lipinski definition) is 4. The Labute approximate surface area is 111 Å². The van der Waals surface area contributed by atoms with Gasteiger partial charge in [-0.15, -0.1) is 0 Å². The van der Waals surface area contributed by atoms with Crippen LogP contribution in [0.15, 0.2) is 17.2 Å². The molecule has 0 bridgehead atoms. The molecule has 0 aliphatic carbocycles. The molecule has 96 valence electrons. The van der Waals surface area contributed by atoms with Crippen molar-refractivity contribution in [2.45, 2.75) is 25.0 Å². The lowest BCUT2D eigenvalue weighted by atomic mass is 9.92. The predicted octanol–water partition coefficient (Wildman–Crippen LogP) is 0.124. The molecule has 1 aliphatic heterocycles. The van der Waals surface area contributed by atoms with Crippen LogP contribution in [0.3, 0.4) is 0 Å². The van der Waals surface area contributed by atoms with E-state index in [4.69, 9.17) is 11.6 Å². The Morgan fingerprint density at radius 2 is 2.18 bits per heavy atom. The third-order valence-corrected chi connectivity index (χ3v) is 3.05. The molecule has 0 aromatic carbocycles. The van der Waals surface area contributed by atoms with Gasteiger partial charge < -0.3 is 10.4 Å². The third-order valence-electron chi connectivity index (χ3n) is 2.85. The molecule has 17 heavy (non-hydrogen) atoms. The van der Waals surface area contributed by atoms with E-state index in [0.29, 0.717) is 12.8 Å². The van der Waals surface area contributed by atoms with Crippen LogP contribution in [0.5, 0.6) is 0 Å². The Balaban J connectivity index is 0.00000144. The Morgan fingerprint density at radius 3 is 2.76 bits per heavy atom. The maximum Gasteiger partial charge on any atom is 0.254 e. The lowest BCUT2D eigenvalue weighted by Gasteiger charge is -2.32. The molecule has 7 heteroatoms. The van der Waals surface area contributed by atoms with Gasteiger partial charge >= 0.3 is 0 Å². The molecule has 0 spiro atoms. The maximum atomic E-state index is 11.6. The van der Waals surface area contributed by atoms with E-state index in [1.165, 1.54) is 17.0 Å². The number of rotatable bonds is 2. The third kappa shape index (κ3) is 3.70. The van der Waals surface area contributed by atoms with Crippen molar-refractivity contribution >= 4 is 25.1 Å². The average molecular weight is 278 g/mol. The Morgan fingerprint density at radius 1 is 1.53 bits per heavy atom. The number of piperidine rings is 1. The highest BCUT2D eigenvalue weighted by atomic mass is 35.5. The molecule has 1 fully saturated rings. The molecule has 0 saturated carbocycles. The van der Waals surface area contributed by atoms with Crippen molar-refractivity contribution in [3.63, 3.8) is 0 Å². The first-order valence-corrected chi connectivity index (χ1v) is 5.62. The van der Waals surface area contributed by atoms with Gasteiger partial charge in [0.05, 0.1) is 18.5 Å².